The fraction of sp³-hybridized carbons (Fsp3) is 0.667. The highest BCUT2D eigenvalue weighted by atomic mass is 16.5. The largest absolute Gasteiger partial charge is 0.487 e. The summed E-state index contributed by atoms with van der Waals surface area (Å²) >= 11 is 0. The van der Waals surface area contributed by atoms with Gasteiger partial charge in [0.2, 0.25) is 0 Å². The molecule has 1 N–H and O–H groups in total. The Morgan fingerprint density at radius 1 is 1.32 bits per heavy atom. The first-order valence-corrected chi connectivity index (χ1v) is 7.14. The van der Waals surface area contributed by atoms with Gasteiger partial charge in [-0.05, 0) is 32.9 Å². The summed E-state index contributed by atoms with van der Waals surface area (Å²) in [6, 6.07) is 4.41. The van der Waals surface area contributed by atoms with Crippen molar-refractivity contribution in [3.8, 4) is 5.75 Å². The van der Waals surface area contributed by atoms with Gasteiger partial charge in [-0.15, -0.1) is 0 Å². The van der Waals surface area contributed by atoms with E-state index in [0.717, 1.165) is 31.2 Å². The molecule has 108 valence electrons. The first kappa shape index (κ1) is 15.8. The summed E-state index contributed by atoms with van der Waals surface area (Å²) in [7, 11) is 0. The maximum Gasteiger partial charge on any atom is 0.171 e. The zero-order valence-electron chi connectivity index (χ0n) is 12.8. The second kappa shape index (κ2) is 8.00. The summed E-state index contributed by atoms with van der Waals surface area (Å²) in [4.78, 5) is 6.72. The second-order valence-corrected chi connectivity index (χ2v) is 5.18. The number of ether oxygens (including phenoxy) is 1. The van der Waals surface area contributed by atoms with Crippen LogP contribution in [0.4, 0.5) is 5.82 Å². The average Bonchev–Trinajstić information content (AvgIpc) is 2.35. The molecule has 4 heteroatoms. The molecule has 1 aromatic heterocycles. The highest BCUT2D eigenvalue weighted by Gasteiger charge is 2.13. The normalized spacial score (nSPS) is 11.1. The SMILES string of the molecule is CCN(CCNC(C)C)c1ncccc1OC(C)C. The molecule has 0 saturated heterocycles. The van der Waals surface area contributed by atoms with Gasteiger partial charge in [0.1, 0.15) is 0 Å². The van der Waals surface area contributed by atoms with E-state index in [-0.39, 0.29) is 6.10 Å². The van der Waals surface area contributed by atoms with E-state index in [9.17, 15) is 0 Å². The molecular weight excluding hydrogens is 238 g/mol. The Balaban J connectivity index is 2.73. The molecule has 0 aliphatic carbocycles. The number of pyridine rings is 1. The van der Waals surface area contributed by atoms with Gasteiger partial charge in [0, 0.05) is 31.9 Å². The van der Waals surface area contributed by atoms with Gasteiger partial charge < -0.3 is 15.0 Å². The smallest absolute Gasteiger partial charge is 0.171 e. The van der Waals surface area contributed by atoms with Crippen LogP contribution in [0.1, 0.15) is 34.6 Å². The van der Waals surface area contributed by atoms with Crippen molar-refractivity contribution in [2.75, 3.05) is 24.5 Å². The van der Waals surface area contributed by atoms with Crippen molar-refractivity contribution in [3.05, 3.63) is 18.3 Å². The molecule has 0 spiro atoms. The molecule has 0 aliphatic heterocycles. The summed E-state index contributed by atoms with van der Waals surface area (Å²) < 4.78 is 5.83. The molecule has 1 aromatic rings. The second-order valence-electron chi connectivity index (χ2n) is 5.18. The summed E-state index contributed by atoms with van der Waals surface area (Å²) in [6.45, 7) is 13.3. The van der Waals surface area contributed by atoms with Crippen LogP contribution in [0.15, 0.2) is 18.3 Å². The Labute approximate surface area is 117 Å². The van der Waals surface area contributed by atoms with E-state index in [4.69, 9.17) is 4.74 Å². The van der Waals surface area contributed by atoms with Gasteiger partial charge in [-0.3, -0.25) is 0 Å². The zero-order chi connectivity index (χ0) is 14.3. The molecule has 0 unspecified atom stereocenters. The number of nitrogens with one attached hydrogen (secondary N) is 1. The fourth-order valence-electron chi connectivity index (χ4n) is 1.87. The van der Waals surface area contributed by atoms with E-state index in [1.165, 1.54) is 0 Å². The van der Waals surface area contributed by atoms with Crippen LogP contribution in [0.3, 0.4) is 0 Å². The topological polar surface area (TPSA) is 37.4 Å². The molecule has 0 aliphatic rings. The predicted molar refractivity (Wildman–Crippen MR) is 81.0 cm³/mol. The minimum absolute atomic E-state index is 0.162. The van der Waals surface area contributed by atoms with Gasteiger partial charge in [0.25, 0.3) is 0 Å². The highest BCUT2D eigenvalue weighted by Crippen LogP contribution is 2.25. The number of aromatic nitrogens is 1. The summed E-state index contributed by atoms with van der Waals surface area (Å²) in [5.41, 5.74) is 0. The zero-order valence-corrected chi connectivity index (χ0v) is 12.8. The molecule has 0 atom stereocenters. The Hall–Kier alpha value is -1.29. The number of rotatable bonds is 8. The van der Waals surface area contributed by atoms with Crippen LogP contribution in [0.5, 0.6) is 5.75 Å². The van der Waals surface area contributed by atoms with Crippen molar-refractivity contribution in [2.45, 2.75) is 46.8 Å². The third-order valence-corrected chi connectivity index (χ3v) is 2.73. The van der Waals surface area contributed by atoms with Crippen LogP contribution < -0.4 is 15.0 Å². The van der Waals surface area contributed by atoms with Gasteiger partial charge in [-0.2, -0.15) is 0 Å². The van der Waals surface area contributed by atoms with E-state index in [1.807, 2.05) is 32.2 Å². The van der Waals surface area contributed by atoms with Crippen molar-refractivity contribution >= 4 is 5.82 Å². The lowest BCUT2D eigenvalue weighted by atomic mass is 10.3. The number of likely N-dealkylation sites (N-methyl/N-ethyl adjacent to an activating group) is 1. The lowest BCUT2D eigenvalue weighted by molar-refractivity contribution is 0.242. The van der Waals surface area contributed by atoms with Gasteiger partial charge in [-0.25, -0.2) is 4.98 Å². The minimum Gasteiger partial charge on any atom is -0.487 e. The lowest BCUT2D eigenvalue weighted by Crippen LogP contribution is -2.35. The van der Waals surface area contributed by atoms with E-state index >= 15 is 0 Å². The van der Waals surface area contributed by atoms with E-state index < -0.39 is 0 Å². The van der Waals surface area contributed by atoms with Crippen LogP contribution in [0, 0.1) is 0 Å². The highest BCUT2D eigenvalue weighted by molar-refractivity contribution is 5.52. The summed E-state index contributed by atoms with van der Waals surface area (Å²) in [5, 5.41) is 3.43. The Morgan fingerprint density at radius 3 is 2.63 bits per heavy atom. The standard InChI is InChI=1S/C15H27N3O/c1-6-18(11-10-16-12(2)3)15-14(19-13(4)5)8-7-9-17-15/h7-9,12-13,16H,6,10-11H2,1-5H3. The molecule has 0 bridgehead atoms. The Morgan fingerprint density at radius 2 is 2.05 bits per heavy atom. The molecule has 1 heterocycles. The van der Waals surface area contributed by atoms with Crippen molar-refractivity contribution < 1.29 is 4.74 Å². The van der Waals surface area contributed by atoms with Crippen molar-refractivity contribution in [3.63, 3.8) is 0 Å². The molecule has 19 heavy (non-hydrogen) atoms. The van der Waals surface area contributed by atoms with Crippen LogP contribution in [-0.4, -0.2) is 36.8 Å². The molecule has 4 nitrogen and oxygen atoms in total. The Bertz CT molecular complexity index is 366. The average molecular weight is 265 g/mol. The van der Waals surface area contributed by atoms with Crippen LogP contribution in [0.25, 0.3) is 0 Å². The van der Waals surface area contributed by atoms with Crippen LogP contribution >= 0.6 is 0 Å². The van der Waals surface area contributed by atoms with E-state index in [2.05, 4.69) is 36.0 Å². The number of nitrogens with zero attached hydrogens (tertiary/aromatic N) is 2. The van der Waals surface area contributed by atoms with Crippen LogP contribution in [0.2, 0.25) is 0 Å². The summed E-state index contributed by atoms with van der Waals surface area (Å²) in [6.07, 6.45) is 1.98. The van der Waals surface area contributed by atoms with E-state index in [0.29, 0.717) is 6.04 Å². The van der Waals surface area contributed by atoms with Gasteiger partial charge in [0.15, 0.2) is 11.6 Å². The third kappa shape index (κ3) is 5.47. The molecule has 0 radical (unpaired) electrons. The molecule has 0 saturated carbocycles. The van der Waals surface area contributed by atoms with Gasteiger partial charge >= 0.3 is 0 Å². The van der Waals surface area contributed by atoms with Gasteiger partial charge in [-0.1, -0.05) is 13.8 Å². The van der Waals surface area contributed by atoms with Crippen molar-refractivity contribution in [1.82, 2.24) is 10.3 Å². The first-order valence-electron chi connectivity index (χ1n) is 7.14. The molecule has 1 rings (SSSR count). The van der Waals surface area contributed by atoms with Crippen LogP contribution in [-0.2, 0) is 0 Å². The molecule has 0 fully saturated rings. The first-order chi connectivity index (χ1) is 9.04. The quantitative estimate of drug-likeness (QED) is 0.784. The fourth-order valence-corrected chi connectivity index (χ4v) is 1.87. The maximum atomic E-state index is 5.83. The molecule has 0 amide bonds. The predicted octanol–water partition coefficient (Wildman–Crippen LogP) is 2.69. The summed E-state index contributed by atoms with van der Waals surface area (Å²) in [5.74, 6) is 1.80. The van der Waals surface area contributed by atoms with E-state index in [1.54, 1.807) is 0 Å². The van der Waals surface area contributed by atoms with Gasteiger partial charge in [0.05, 0.1) is 6.10 Å². The Kier molecular flexibility index (Phi) is 6.64. The van der Waals surface area contributed by atoms with Crippen molar-refractivity contribution in [1.29, 1.82) is 0 Å². The number of anilines is 1. The molecular formula is C15H27N3O. The number of hydrogen-bond acceptors (Lipinski definition) is 4. The monoisotopic (exact) mass is 265 g/mol. The maximum absolute atomic E-state index is 5.83. The third-order valence-electron chi connectivity index (χ3n) is 2.73. The lowest BCUT2D eigenvalue weighted by Gasteiger charge is -2.25. The number of hydrogen-bond donors (Lipinski definition) is 1. The molecule has 0 aromatic carbocycles. The minimum atomic E-state index is 0.162. The van der Waals surface area contributed by atoms with Crippen molar-refractivity contribution in [2.24, 2.45) is 0 Å².